The monoisotopic (exact) mass is 333 g/mol. The second kappa shape index (κ2) is 6.52. The Labute approximate surface area is 126 Å². The minimum Gasteiger partial charge on any atom is -0.354 e. The number of pyridine rings is 1. The first-order valence-electron chi connectivity index (χ1n) is 6.33. The van der Waals surface area contributed by atoms with E-state index in [9.17, 15) is 4.79 Å². The molecule has 4 nitrogen and oxygen atoms in total. The van der Waals surface area contributed by atoms with Crippen molar-refractivity contribution in [2.24, 2.45) is 0 Å². The first-order valence-corrected chi connectivity index (χ1v) is 7.12. The molecule has 1 aromatic carbocycles. The number of aromatic nitrogens is 1. The van der Waals surface area contributed by atoms with Gasteiger partial charge in [0, 0.05) is 22.4 Å². The number of amides is 1. The van der Waals surface area contributed by atoms with Crippen LogP contribution in [-0.2, 0) is 0 Å². The van der Waals surface area contributed by atoms with Crippen molar-refractivity contribution in [1.29, 1.82) is 0 Å². The van der Waals surface area contributed by atoms with E-state index in [4.69, 9.17) is 0 Å². The number of hydrogen-bond donors (Lipinski definition) is 2. The summed E-state index contributed by atoms with van der Waals surface area (Å²) in [7, 11) is 0. The largest absolute Gasteiger partial charge is 0.354 e. The highest BCUT2D eigenvalue weighted by molar-refractivity contribution is 9.10. The van der Waals surface area contributed by atoms with Gasteiger partial charge in [-0.15, -0.1) is 0 Å². The van der Waals surface area contributed by atoms with E-state index in [1.54, 1.807) is 18.5 Å². The lowest BCUT2D eigenvalue weighted by Crippen LogP contribution is -2.30. The molecule has 1 amide bonds. The molecule has 0 spiro atoms. The molecular formula is C15H16BrN3O. The Kier molecular flexibility index (Phi) is 4.74. The molecule has 1 aromatic heterocycles. The van der Waals surface area contributed by atoms with E-state index < -0.39 is 0 Å². The van der Waals surface area contributed by atoms with Gasteiger partial charge in [0.25, 0.3) is 5.91 Å². The molecule has 0 aliphatic heterocycles. The van der Waals surface area contributed by atoms with Gasteiger partial charge >= 0.3 is 0 Å². The Morgan fingerprint density at radius 3 is 2.70 bits per heavy atom. The van der Waals surface area contributed by atoms with Crippen molar-refractivity contribution < 1.29 is 4.79 Å². The lowest BCUT2D eigenvalue weighted by Gasteiger charge is -2.10. The van der Waals surface area contributed by atoms with Crippen LogP contribution in [0, 0.1) is 0 Å². The summed E-state index contributed by atoms with van der Waals surface area (Å²) in [6, 6.07) is 9.69. The summed E-state index contributed by atoms with van der Waals surface area (Å²) >= 11 is 3.42. The Morgan fingerprint density at radius 2 is 2.00 bits per heavy atom. The summed E-state index contributed by atoms with van der Waals surface area (Å²) in [5.41, 5.74) is 2.25. The van der Waals surface area contributed by atoms with Crippen molar-refractivity contribution in [2.75, 3.05) is 5.32 Å². The third-order valence-electron chi connectivity index (χ3n) is 2.53. The molecule has 2 aromatic rings. The van der Waals surface area contributed by atoms with E-state index in [1.807, 2.05) is 38.1 Å². The van der Waals surface area contributed by atoms with Gasteiger partial charge in [-0.25, -0.2) is 0 Å². The number of carbonyl (C=O) groups excluding carboxylic acids is 1. The van der Waals surface area contributed by atoms with Gasteiger partial charge in [0.15, 0.2) is 0 Å². The molecule has 1 heterocycles. The molecule has 104 valence electrons. The van der Waals surface area contributed by atoms with Crippen LogP contribution in [0.15, 0.2) is 47.2 Å². The lowest BCUT2D eigenvalue weighted by atomic mass is 10.2. The van der Waals surface area contributed by atoms with Crippen molar-refractivity contribution in [3.05, 3.63) is 52.8 Å². The second-order valence-corrected chi connectivity index (χ2v) is 5.64. The third kappa shape index (κ3) is 4.06. The van der Waals surface area contributed by atoms with Crippen LogP contribution >= 0.6 is 15.9 Å². The zero-order valence-electron chi connectivity index (χ0n) is 11.4. The average molecular weight is 334 g/mol. The summed E-state index contributed by atoms with van der Waals surface area (Å²) in [4.78, 5) is 16.0. The Balaban J connectivity index is 2.15. The van der Waals surface area contributed by atoms with E-state index in [-0.39, 0.29) is 11.9 Å². The van der Waals surface area contributed by atoms with Crippen LogP contribution < -0.4 is 10.6 Å². The van der Waals surface area contributed by atoms with E-state index in [0.717, 1.165) is 15.8 Å². The van der Waals surface area contributed by atoms with Gasteiger partial charge in [-0.3, -0.25) is 9.78 Å². The normalized spacial score (nSPS) is 10.4. The summed E-state index contributed by atoms with van der Waals surface area (Å²) in [6.07, 6.45) is 3.25. The highest BCUT2D eigenvalue weighted by atomic mass is 79.9. The maximum absolute atomic E-state index is 11.9. The van der Waals surface area contributed by atoms with Crippen molar-refractivity contribution >= 4 is 33.2 Å². The molecule has 2 rings (SSSR count). The SMILES string of the molecule is CC(C)NC(=O)c1cncc(Nc2cccc(Br)c2)c1. The first-order chi connectivity index (χ1) is 9.54. The van der Waals surface area contributed by atoms with Crippen LogP contribution in [0.3, 0.4) is 0 Å². The predicted octanol–water partition coefficient (Wildman–Crippen LogP) is 3.73. The summed E-state index contributed by atoms with van der Waals surface area (Å²) in [6.45, 7) is 3.85. The number of carbonyl (C=O) groups is 1. The minimum absolute atomic E-state index is 0.101. The Hall–Kier alpha value is -1.88. The first kappa shape index (κ1) is 14.5. The Morgan fingerprint density at radius 1 is 1.20 bits per heavy atom. The smallest absolute Gasteiger partial charge is 0.253 e. The maximum atomic E-state index is 11.9. The van der Waals surface area contributed by atoms with Crippen LogP contribution in [0.2, 0.25) is 0 Å². The van der Waals surface area contributed by atoms with E-state index in [1.165, 1.54) is 0 Å². The van der Waals surface area contributed by atoms with E-state index in [0.29, 0.717) is 5.56 Å². The molecule has 0 fully saturated rings. The van der Waals surface area contributed by atoms with Crippen LogP contribution in [0.4, 0.5) is 11.4 Å². The lowest BCUT2D eigenvalue weighted by molar-refractivity contribution is 0.0943. The van der Waals surface area contributed by atoms with Gasteiger partial charge in [0.2, 0.25) is 0 Å². The van der Waals surface area contributed by atoms with E-state index >= 15 is 0 Å². The summed E-state index contributed by atoms with van der Waals surface area (Å²) in [5, 5.41) is 6.07. The summed E-state index contributed by atoms with van der Waals surface area (Å²) in [5.74, 6) is -0.120. The van der Waals surface area contributed by atoms with Gasteiger partial charge in [0.1, 0.15) is 0 Å². The predicted molar refractivity (Wildman–Crippen MR) is 84.3 cm³/mol. The molecule has 0 aliphatic carbocycles. The van der Waals surface area contributed by atoms with Crippen LogP contribution in [0.1, 0.15) is 24.2 Å². The fourth-order valence-corrected chi connectivity index (χ4v) is 2.11. The van der Waals surface area contributed by atoms with Crippen molar-refractivity contribution in [2.45, 2.75) is 19.9 Å². The van der Waals surface area contributed by atoms with Gasteiger partial charge in [-0.05, 0) is 38.1 Å². The maximum Gasteiger partial charge on any atom is 0.253 e. The zero-order chi connectivity index (χ0) is 14.5. The van der Waals surface area contributed by atoms with Crippen LogP contribution in [0.25, 0.3) is 0 Å². The molecule has 0 atom stereocenters. The van der Waals surface area contributed by atoms with Gasteiger partial charge in [0.05, 0.1) is 17.4 Å². The zero-order valence-corrected chi connectivity index (χ0v) is 12.9. The number of nitrogens with zero attached hydrogens (tertiary/aromatic N) is 1. The fourth-order valence-electron chi connectivity index (χ4n) is 1.71. The van der Waals surface area contributed by atoms with Crippen molar-refractivity contribution in [1.82, 2.24) is 10.3 Å². The molecule has 0 radical (unpaired) electrons. The van der Waals surface area contributed by atoms with Crippen LogP contribution in [0.5, 0.6) is 0 Å². The second-order valence-electron chi connectivity index (χ2n) is 4.73. The molecule has 0 bridgehead atoms. The topological polar surface area (TPSA) is 54.0 Å². The quantitative estimate of drug-likeness (QED) is 0.896. The third-order valence-corrected chi connectivity index (χ3v) is 3.03. The standard InChI is InChI=1S/C15H16BrN3O/c1-10(2)18-15(20)11-6-14(9-17-8-11)19-13-5-3-4-12(16)7-13/h3-10,19H,1-2H3,(H,18,20). The van der Waals surface area contributed by atoms with Crippen molar-refractivity contribution in [3.63, 3.8) is 0 Å². The number of halogens is 1. The molecule has 0 aliphatic rings. The summed E-state index contributed by atoms with van der Waals surface area (Å²) < 4.78 is 0.990. The number of nitrogens with one attached hydrogen (secondary N) is 2. The van der Waals surface area contributed by atoms with E-state index in [2.05, 4.69) is 31.5 Å². The average Bonchev–Trinajstić information content (AvgIpc) is 2.38. The number of benzene rings is 1. The molecule has 5 heteroatoms. The highest BCUT2D eigenvalue weighted by Gasteiger charge is 2.08. The Bertz CT molecular complexity index is 614. The van der Waals surface area contributed by atoms with Crippen molar-refractivity contribution in [3.8, 4) is 0 Å². The molecule has 0 saturated heterocycles. The molecule has 0 saturated carbocycles. The number of rotatable bonds is 4. The molecular weight excluding hydrogens is 318 g/mol. The van der Waals surface area contributed by atoms with Gasteiger partial charge < -0.3 is 10.6 Å². The van der Waals surface area contributed by atoms with Gasteiger partial charge in [-0.1, -0.05) is 22.0 Å². The number of hydrogen-bond acceptors (Lipinski definition) is 3. The molecule has 20 heavy (non-hydrogen) atoms. The molecule has 2 N–H and O–H groups in total. The van der Waals surface area contributed by atoms with Gasteiger partial charge in [-0.2, -0.15) is 0 Å². The minimum atomic E-state index is -0.120. The molecule has 0 unspecified atom stereocenters. The fraction of sp³-hybridized carbons (Fsp3) is 0.200. The number of anilines is 2. The highest BCUT2D eigenvalue weighted by Crippen LogP contribution is 2.20. The van der Waals surface area contributed by atoms with Crippen LogP contribution in [-0.4, -0.2) is 16.9 Å².